The van der Waals surface area contributed by atoms with E-state index in [0.29, 0.717) is 6.42 Å². The molecule has 0 aliphatic carbocycles. The van der Waals surface area contributed by atoms with Gasteiger partial charge in [0.15, 0.2) is 5.78 Å². The Bertz CT molecular complexity index is 739. The summed E-state index contributed by atoms with van der Waals surface area (Å²) < 4.78 is 0. The van der Waals surface area contributed by atoms with E-state index in [1.54, 1.807) is 0 Å². The third-order valence-corrected chi connectivity index (χ3v) is 4.18. The van der Waals surface area contributed by atoms with Crippen molar-refractivity contribution >= 4 is 5.78 Å². The molecule has 0 saturated heterocycles. The summed E-state index contributed by atoms with van der Waals surface area (Å²) in [7, 11) is 0. The Morgan fingerprint density at radius 1 is 1.28 bits per heavy atom. The van der Waals surface area contributed by atoms with Gasteiger partial charge < -0.3 is 5.11 Å². The second-order valence-corrected chi connectivity index (χ2v) is 6.70. The molecule has 0 saturated carbocycles. The summed E-state index contributed by atoms with van der Waals surface area (Å²) in [6.07, 6.45) is 1.66. The molecule has 1 heterocycles. The van der Waals surface area contributed by atoms with Gasteiger partial charge in [0.05, 0.1) is 5.76 Å². The summed E-state index contributed by atoms with van der Waals surface area (Å²) in [5.41, 5.74) is 2.69. The van der Waals surface area contributed by atoms with Crippen LogP contribution in [0.1, 0.15) is 57.0 Å². The molecule has 1 atom stereocenters. The average molecular weight is 425 g/mol. The number of carbonyl (C=O) groups is 1. The number of aliphatic hydroxyl groups is 1. The fraction of sp³-hybridized carbons (Fsp3) is 0.333. The first-order valence-electron chi connectivity index (χ1n) is 8.15. The fourth-order valence-corrected chi connectivity index (χ4v) is 2.71. The monoisotopic (exact) mass is 425 g/mol. The van der Waals surface area contributed by atoms with Gasteiger partial charge in [-0.2, -0.15) is 35.9 Å². The van der Waals surface area contributed by atoms with Crippen molar-refractivity contribution in [3.63, 3.8) is 0 Å². The Kier molecular flexibility index (Phi) is 7.70. The second-order valence-electron chi connectivity index (χ2n) is 6.70. The van der Waals surface area contributed by atoms with Crippen LogP contribution >= 0.6 is 0 Å². The van der Waals surface area contributed by atoms with Gasteiger partial charge in [0, 0.05) is 54.7 Å². The third-order valence-electron chi connectivity index (χ3n) is 4.18. The van der Waals surface area contributed by atoms with Gasteiger partial charge in [-0.15, -0.1) is 0 Å². The van der Waals surface area contributed by atoms with Crippen LogP contribution in [0.25, 0.3) is 0 Å². The van der Waals surface area contributed by atoms with Crippen molar-refractivity contribution in [3.05, 3.63) is 77.3 Å². The summed E-state index contributed by atoms with van der Waals surface area (Å²) in [4.78, 5) is 15.9. The van der Waals surface area contributed by atoms with Crippen molar-refractivity contribution in [2.75, 3.05) is 0 Å². The van der Waals surface area contributed by atoms with Crippen LogP contribution in [0.5, 0.6) is 0 Å². The molecule has 1 radical (unpaired) electrons. The number of rotatable bonds is 6. The van der Waals surface area contributed by atoms with Crippen LogP contribution < -0.4 is 0 Å². The summed E-state index contributed by atoms with van der Waals surface area (Å²) in [5.74, 6) is -0.0314. The minimum atomic E-state index is -0.256. The van der Waals surface area contributed by atoms with Crippen molar-refractivity contribution in [3.8, 4) is 0 Å². The smallest absolute Gasteiger partial charge is 0.155 e. The van der Waals surface area contributed by atoms with Gasteiger partial charge in [-0.05, 0) is 19.1 Å². The van der Waals surface area contributed by atoms with Crippen LogP contribution in [0.4, 0.5) is 0 Å². The number of benzene rings is 1. The fourth-order valence-electron chi connectivity index (χ4n) is 2.71. The van der Waals surface area contributed by atoms with Crippen molar-refractivity contribution in [2.45, 2.75) is 45.4 Å². The van der Waals surface area contributed by atoms with E-state index in [1.165, 1.54) is 13.0 Å². The minimum absolute atomic E-state index is 0. The molecule has 25 heavy (non-hydrogen) atoms. The van der Waals surface area contributed by atoms with E-state index in [2.05, 4.69) is 26.0 Å². The van der Waals surface area contributed by atoms with Crippen LogP contribution in [0.2, 0.25) is 0 Å². The van der Waals surface area contributed by atoms with Crippen molar-refractivity contribution in [2.24, 2.45) is 0 Å². The number of hydrogen-bond donors (Lipinski definition) is 1. The molecule has 0 amide bonds. The molecule has 0 aliphatic heterocycles. The first-order chi connectivity index (χ1) is 11.3. The van der Waals surface area contributed by atoms with Crippen molar-refractivity contribution in [1.82, 2.24) is 4.98 Å². The Labute approximate surface area is 163 Å². The standard InChI is InChI=1S/C21H24NO2.Rh/c1-15(13-18(24)14-16(2)23)19-11-8-12-20(22-19)21(3,4)17-9-6-5-7-10-17;/h5-9,11-12,14-15,24H,13H2,1-4H3;/q-1;/b18-14-;. The predicted octanol–water partition coefficient (Wildman–Crippen LogP) is 4.73. The average Bonchev–Trinajstić information content (AvgIpc) is 2.55. The molecule has 2 aromatic rings. The minimum Gasteiger partial charge on any atom is -0.512 e. The van der Waals surface area contributed by atoms with Crippen LogP contribution in [0, 0.1) is 6.07 Å². The zero-order valence-corrected chi connectivity index (χ0v) is 16.7. The van der Waals surface area contributed by atoms with Gasteiger partial charge in [-0.3, -0.25) is 9.78 Å². The Morgan fingerprint density at radius 3 is 2.60 bits per heavy atom. The summed E-state index contributed by atoms with van der Waals surface area (Å²) in [5, 5.41) is 9.87. The Balaban J connectivity index is 0.00000312. The number of nitrogens with zero attached hydrogens (tertiary/aromatic N) is 1. The number of hydrogen-bond acceptors (Lipinski definition) is 3. The quantitative estimate of drug-likeness (QED) is 0.315. The Morgan fingerprint density at radius 2 is 2.00 bits per heavy atom. The molecule has 3 nitrogen and oxygen atoms in total. The van der Waals surface area contributed by atoms with E-state index in [0.717, 1.165) is 17.0 Å². The van der Waals surface area contributed by atoms with Gasteiger partial charge in [0.2, 0.25) is 0 Å². The molecule has 135 valence electrons. The molecular formula is C21H24NO2Rh-. The number of aliphatic hydroxyl groups excluding tert-OH is 1. The van der Waals surface area contributed by atoms with Crippen molar-refractivity contribution < 1.29 is 29.4 Å². The van der Waals surface area contributed by atoms with E-state index in [-0.39, 0.29) is 42.4 Å². The molecule has 4 heteroatoms. The van der Waals surface area contributed by atoms with Gasteiger partial charge in [0.25, 0.3) is 0 Å². The SMILES string of the molecule is CC(=O)/C=C(\O)CC(C)c1cccc(C(C)(C)c2[c-]cccc2)n1.[Rh]. The van der Waals surface area contributed by atoms with Gasteiger partial charge in [0.1, 0.15) is 0 Å². The number of ketones is 1. The first kappa shape index (κ1) is 21.2. The summed E-state index contributed by atoms with van der Waals surface area (Å²) in [6.45, 7) is 7.68. The van der Waals surface area contributed by atoms with E-state index < -0.39 is 0 Å². The zero-order valence-electron chi connectivity index (χ0n) is 15.0. The zero-order chi connectivity index (χ0) is 17.7. The van der Waals surface area contributed by atoms with Gasteiger partial charge >= 0.3 is 0 Å². The first-order valence-corrected chi connectivity index (χ1v) is 8.15. The maximum absolute atomic E-state index is 11.1. The largest absolute Gasteiger partial charge is 0.512 e. The van der Waals surface area contributed by atoms with E-state index in [4.69, 9.17) is 4.98 Å². The maximum atomic E-state index is 11.1. The number of allylic oxidation sites excluding steroid dienone is 2. The second kappa shape index (κ2) is 9.05. The molecule has 1 N–H and O–H groups in total. The molecule has 0 aliphatic rings. The molecular weight excluding hydrogens is 401 g/mol. The molecule has 0 fully saturated rings. The molecule has 1 aromatic heterocycles. The van der Waals surface area contributed by atoms with Crippen molar-refractivity contribution in [1.29, 1.82) is 0 Å². The van der Waals surface area contributed by atoms with Crippen LogP contribution in [-0.2, 0) is 29.7 Å². The molecule has 0 bridgehead atoms. The normalized spacial score (nSPS) is 13.0. The topological polar surface area (TPSA) is 50.2 Å². The number of pyridine rings is 1. The Hall–Kier alpha value is -1.80. The number of aromatic nitrogens is 1. The van der Waals surface area contributed by atoms with Crippen LogP contribution in [-0.4, -0.2) is 15.9 Å². The molecule has 0 spiro atoms. The van der Waals surface area contributed by atoms with Gasteiger partial charge in [-0.1, -0.05) is 26.8 Å². The van der Waals surface area contributed by atoms with E-state index in [9.17, 15) is 9.90 Å². The third kappa shape index (κ3) is 5.61. The van der Waals surface area contributed by atoms with E-state index >= 15 is 0 Å². The molecule has 1 aromatic carbocycles. The molecule has 1 unspecified atom stereocenters. The predicted molar refractivity (Wildman–Crippen MR) is 96.1 cm³/mol. The summed E-state index contributed by atoms with van der Waals surface area (Å²) in [6, 6.07) is 17.2. The van der Waals surface area contributed by atoms with Gasteiger partial charge in [-0.25, -0.2) is 0 Å². The van der Waals surface area contributed by atoms with Crippen LogP contribution in [0.15, 0.2) is 54.3 Å². The number of carbonyl (C=O) groups excluding carboxylic acids is 1. The maximum Gasteiger partial charge on any atom is 0.155 e. The van der Waals surface area contributed by atoms with Crippen LogP contribution in [0.3, 0.4) is 0 Å². The molecule has 2 rings (SSSR count). The summed E-state index contributed by atoms with van der Waals surface area (Å²) >= 11 is 0. The van der Waals surface area contributed by atoms with E-state index in [1.807, 2.05) is 43.3 Å².